The molecule has 0 aliphatic carbocycles. The van der Waals surface area contributed by atoms with Crippen molar-refractivity contribution >= 4 is 23.8 Å². The summed E-state index contributed by atoms with van der Waals surface area (Å²) < 4.78 is 0. The molecular weight excluding hydrogens is 256 g/mol. The molecule has 0 aromatic carbocycles. The molecule has 0 fully saturated rings. The number of aliphatic carboxylic acids is 1. The molecule has 0 saturated carbocycles. The van der Waals surface area contributed by atoms with Gasteiger partial charge in [0.2, 0.25) is 11.8 Å². The quantitative estimate of drug-likeness (QED) is 0.425. The van der Waals surface area contributed by atoms with E-state index in [4.69, 9.17) is 16.6 Å². The minimum absolute atomic E-state index is 0.370. The molecule has 0 bridgehead atoms. The van der Waals surface area contributed by atoms with Crippen molar-refractivity contribution in [1.82, 2.24) is 10.2 Å². The van der Waals surface area contributed by atoms with E-state index in [0.717, 1.165) is 4.90 Å². The normalized spacial score (nSPS) is 11.7. The van der Waals surface area contributed by atoms with Gasteiger partial charge in [-0.25, -0.2) is 9.59 Å². The van der Waals surface area contributed by atoms with Gasteiger partial charge in [0.25, 0.3) is 0 Å². The zero-order valence-electron chi connectivity index (χ0n) is 10.8. The Kier molecular flexibility index (Phi) is 6.31. The Morgan fingerprint density at radius 1 is 1.11 bits per heavy atom. The Morgan fingerprint density at radius 3 is 1.79 bits per heavy atom. The van der Waals surface area contributed by atoms with Crippen molar-refractivity contribution in [3.63, 3.8) is 0 Å². The van der Waals surface area contributed by atoms with Crippen LogP contribution >= 0.6 is 0 Å². The van der Waals surface area contributed by atoms with E-state index in [2.05, 4.69) is 5.32 Å². The van der Waals surface area contributed by atoms with Gasteiger partial charge in [0.05, 0.1) is 0 Å². The van der Waals surface area contributed by atoms with Crippen LogP contribution in [0.2, 0.25) is 0 Å². The van der Waals surface area contributed by atoms with Crippen molar-refractivity contribution in [2.24, 2.45) is 17.4 Å². The second kappa shape index (κ2) is 7.19. The maximum Gasteiger partial charge on any atom is 0.326 e. The average Bonchev–Trinajstić information content (AvgIpc) is 2.22. The molecule has 0 radical (unpaired) electrons. The highest BCUT2D eigenvalue weighted by molar-refractivity contribution is 5.89. The second-order valence-electron chi connectivity index (χ2n) is 4.30. The van der Waals surface area contributed by atoms with Gasteiger partial charge in [0, 0.05) is 0 Å². The molecule has 0 aliphatic rings. The molecule has 9 nitrogen and oxygen atoms in total. The van der Waals surface area contributed by atoms with Gasteiger partial charge >= 0.3 is 12.0 Å². The summed E-state index contributed by atoms with van der Waals surface area (Å²) in [5.41, 5.74) is 9.86. The zero-order chi connectivity index (χ0) is 15.2. The Balaban J connectivity index is 4.83. The number of rotatable bonds is 7. The number of nitrogens with two attached hydrogens (primary N) is 2. The third kappa shape index (κ3) is 6.24. The summed E-state index contributed by atoms with van der Waals surface area (Å²) in [6, 6.07) is -2.03. The number of nitrogens with zero attached hydrogens (tertiary/aromatic N) is 1. The first-order chi connectivity index (χ1) is 8.65. The first-order valence-corrected chi connectivity index (χ1v) is 5.50. The number of carbonyl (C=O) groups excluding carboxylic acids is 3. The molecule has 4 amide bonds. The van der Waals surface area contributed by atoms with Gasteiger partial charge in [-0.3, -0.25) is 9.59 Å². The first kappa shape index (κ1) is 16.7. The highest BCUT2D eigenvalue weighted by Gasteiger charge is 2.27. The molecule has 0 heterocycles. The molecule has 0 saturated heterocycles. The third-order valence-corrected chi connectivity index (χ3v) is 2.19. The number of carboxylic acids is 1. The summed E-state index contributed by atoms with van der Waals surface area (Å²) in [5.74, 6) is -3.27. The number of urea groups is 1. The smallest absolute Gasteiger partial charge is 0.326 e. The van der Waals surface area contributed by atoms with Crippen LogP contribution in [-0.2, 0) is 14.4 Å². The fraction of sp³-hybridized carbons (Fsp3) is 0.600. The summed E-state index contributed by atoms with van der Waals surface area (Å²) in [7, 11) is 0. The van der Waals surface area contributed by atoms with E-state index in [1.165, 1.54) is 0 Å². The minimum atomic E-state index is -1.22. The lowest BCUT2D eigenvalue weighted by atomic mass is 10.1. The molecule has 0 unspecified atom stereocenters. The van der Waals surface area contributed by atoms with Crippen LogP contribution in [-0.4, -0.2) is 53.0 Å². The van der Waals surface area contributed by atoms with Crippen molar-refractivity contribution in [2.75, 3.05) is 13.1 Å². The second-order valence-corrected chi connectivity index (χ2v) is 4.30. The van der Waals surface area contributed by atoms with Crippen LogP contribution in [0.3, 0.4) is 0 Å². The summed E-state index contributed by atoms with van der Waals surface area (Å²) >= 11 is 0. The number of carbonyl (C=O) groups is 4. The standard InChI is InChI=1S/C10H18N4O5/c1-5(2)8(9(17)18)13-10(19)14(3-6(11)15)4-7(12)16/h5,8H,3-4H2,1-2H3,(H2,11,15)(H2,12,16)(H,13,19)(H,17,18)/t8-/m1/s1. The van der Waals surface area contributed by atoms with E-state index in [0.29, 0.717) is 0 Å². The van der Waals surface area contributed by atoms with E-state index in [1.54, 1.807) is 13.8 Å². The average molecular weight is 274 g/mol. The number of amides is 4. The number of hydrogen-bond donors (Lipinski definition) is 4. The van der Waals surface area contributed by atoms with Crippen molar-refractivity contribution in [2.45, 2.75) is 19.9 Å². The van der Waals surface area contributed by atoms with Crippen molar-refractivity contribution in [3.8, 4) is 0 Å². The minimum Gasteiger partial charge on any atom is -0.480 e. The predicted molar refractivity (Wildman–Crippen MR) is 64.8 cm³/mol. The maximum absolute atomic E-state index is 11.8. The molecular formula is C10H18N4O5. The molecule has 108 valence electrons. The van der Waals surface area contributed by atoms with Crippen molar-refractivity contribution in [3.05, 3.63) is 0 Å². The van der Waals surface area contributed by atoms with Crippen LogP contribution in [0.15, 0.2) is 0 Å². The highest BCUT2D eigenvalue weighted by Crippen LogP contribution is 2.03. The van der Waals surface area contributed by atoms with Crippen LogP contribution in [0.5, 0.6) is 0 Å². The van der Waals surface area contributed by atoms with E-state index >= 15 is 0 Å². The number of hydrogen-bond acceptors (Lipinski definition) is 4. The van der Waals surface area contributed by atoms with Crippen molar-refractivity contribution < 1.29 is 24.3 Å². The highest BCUT2D eigenvalue weighted by atomic mass is 16.4. The van der Waals surface area contributed by atoms with Gasteiger partial charge in [-0.2, -0.15) is 0 Å². The largest absolute Gasteiger partial charge is 0.480 e. The summed E-state index contributed by atoms with van der Waals surface area (Å²) in [6.45, 7) is 2.15. The Bertz CT molecular complexity index is 366. The molecule has 6 N–H and O–H groups in total. The van der Waals surface area contributed by atoms with Crippen LogP contribution in [0.4, 0.5) is 4.79 Å². The van der Waals surface area contributed by atoms with Gasteiger partial charge in [-0.05, 0) is 5.92 Å². The topological polar surface area (TPSA) is 156 Å². The summed E-state index contributed by atoms with van der Waals surface area (Å²) in [4.78, 5) is 45.0. The van der Waals surface area contributed by atoms with E-state index in [9.17, 15) is 19.2 Å². The van der Waals surface area contributed by atoms with Gasteiger partial charge in [-0.15, -0.1) is 0 Å². The number of carboxylic acid groups (broad SMARTS) is 1. The number of nitrogens with one attached hydrogen (secondary N) is 1. The van der Waals surface area contributed by atoms with E-state index in [1.807, 2.05) is 0 Å². The summed E-state index contributed by atoms with van der Waals surface area (Å²) in [5, 5.41) is 11.1. The Morgan fingerprint density at radius 2 is 1.53 bits per heavy atom. The lowest BCUT2D eigenvalue weighted by Crippen LogP contribution is -2.53. The fourth-order valence-electron chi connectivity index (χ4n) is 1.31. The summed E-state index contributed by atoms with van der Waals surface area (Å²) in [6.07, 6.45) is 0. The van der Waals surface area contributed by atoms with Gasteiger partial charge < -0.3 is 26.8 Å². The molecule has 9 heteroatoms. The molecule has 19 heavy (non-hydrogen) atoms. The molecule has 0 spiro atoms. The van der Waals surface area contributed by atoms with Gasteiger partial charge in [-0.1, -0.05) is 13.8 Å². The zero-order valence-corrected chi connectivity index (χ0v) is 10.8. The molecule has 0 aliphatic heterocycles. The lowest BCUT2D eigenvalue weighted by molar-refractivity contribution is -0.140. The van der Waals surface area contributed by atoms with Crippen LogP contribution in [0.25, 0.3) is 0 Å². The van der Waals surface area contributed by atoms with Gasteiger partial charge in [0.15, 0.2) is 0 Å². The Hall–Kier alpha value is -2.32. The SMILES string of the molecule is CC(C)[C@@H](NC(=O)N(CC(N)=O)CC(N)=O)C(=O)O. The molecule has 1 atom stereocenters. The van der Waals surface area contributed by atoms with Crippen LogP contribution in [0.1, 0.15) is 13.8 Å². The van der Waals surface area contributed by atoms with E-state index in [-0.39, 0.29) is 5.92 Å². The predicted octanol–water partition coefficient (Wildman–Crippen LogP) is -1.92. The van der Waals surface area contributed by atoms with Crippen molar-refractivity contribution in [1.29, 1.82) is 0 Å². The fourth-order valence-corrected chi connectivity index (χ4v) is 1.31. The molecule has 0 rings (SSSR count). The molecule has 0 aromatic rings. The van der Waals surface area contributed by atoms with E-state index < -0.39 is 42.9 Å². The third-order valence-electron chi connectivity index (χ3n) is 2.19. The lowest BCUT2D eigenvalue weighted by Gasteiger charge is -2.24. The van der Waals surface area contributed by atoms with Gasteiger partial charge in [0.1, 0.15) is 19.1 Å². The number of primary amides is 2. The maximum atomic E-state index is 11.8. The van der Waals surface area contributed by atoms with Crippen LogP contribution in [0, 0.1) is 5.92 Å². The first-order valence-electron chi connectivity index (χ1n) is 5.50. The molecule has 0 aromatic heterocycles. The van der Waals surface area contributed by atoms with Crippen LogP contribution < -0.4 is 16.8 Å². The monoisotopic (exact) mass is 274 g/mol. The Labute approximate surface area is 109 Å².